The fraction of sp³-hybridized carbons (Fsp3) is 0.0909. The van der Waals surface area contributed by atoms with Crippen LogP contribution in [0.25, 0.3) is 11.1 Å². The van der Waals surface area contributed by atoms with Crippen molar-refractivity contribution in [3.63, 3.8) is 0 Å². The Labute approximate surface area is 170 Å². The topological polar surface area (TPSA) is 55.4 Å². The van der Waals surface area contributed by atoms with Gasteiger partial charge in [0, 0.05) is 16.1 Å². The van der Waals surface area contributed by atoms with Crippen molar-refractivity contribution in [1.82, 2.24) is 0 Å². The number of benzene rings is 3. The maximum Gasteiger partial charge on any atom is 0.339 e. The normalized spacial score (nSPS) is 10.6. The summed E-state index contributed by atoms with van der Waals surface area (Å²) in [5.74, 6) is -4.03. The summed E-state index contributed by atoms with van der Waals surface area (Å²) >= 11 is 0.255. The Hall–Kier alpha value is -3.19. The molecule has 0 unspecified atom stereocenters. The van der Waals surface area contributed by atoms with E-state index in [-0.39, 0.29) is 22.2 Å². The second-order valence-corrected chi connectivity index (χ2v) is 6.94. The Morgan fingerprint density at radius 1 is 0.897 bits per heavy atom. The number of para-hydroxylation sites is 1. The third kappa shape index (κ3) is 5.65. The SMILES string of the molecule is O=C(COC(=O)c1ccccc1SC(F)F)Nc1ccccc1-c1ccccc1. The standard InChI is InChI=1S/C22H17F2NO3S/c23-22(24)29-19-13-7-5-11-17(19)21(27)28-14-20(26)25-18-12-6-4-10-16(18)15-8-2-1-3-9-15/h1-13,22H,14H2,(H,25,26). The summed E-state index contributed by atoms with van der Waals surface area (Å²) < 4.78 is 30.3. The first-order chi connectivity index (χ1) is 14.0. The quantitative estimate of drug-likeness (QED) is 0.413. The molecule has 0 radical (unpaired) electrons. The summed E-state index contributed by atoms with van der Waals surface area (Å²) in [5.41, 5.74) is 2.33. The molecule has 0 aromatic heterocycles. The third-order valence-electron chi connectivity index (χ3n) is 3.94. The molecule has 3 rings (SSSR count). The number of halogens is 2. The number of hydrogen-bond acceptors (Lipinski definition) is 4. The highest BCUT2D eigenvalue weighted by atomic mass is 32.2. The van der Waals surface area contributed by atoms with Gasteiger partial charge < -0.3 is 10.1 Å². The van der Waals surface area contributed by atoms with E-state index in [0.717, 1.165) is 11.1 Å². The lowest BCUT2D eigenvalue weighted by Crippen LogP contribution is -2.21. The van der Waals surface area contributed by atoms with Crippen LogP contribution < -0.4 is 5.32 Å². The number of nitrogens with one attached hydrogen (secondary N) is 1. The van der Waals surface area contributed by atoms with Crippen LogP contribution >= 0.6 is 11.8 Å². The molecule has 0 saturated carbocycles. The van der Waals surface area contributed by atoms with Gasteiger partial charge in [0.2, 0.25) is 0 Å². The van der Waals surface area contributed by atoms with Crippen molar-refractivity contribution >= 4 is 29.3 Å². The minimum atomic E-state index is -2.67. The van der Waals surface area contributed by atoms with E-state index in [4.69, 9.17) is 4.74 Å². The maximum absolute atomic E-state index is 12.6. The zero-order chi connectivity index (χ0) is 20.6. The molecule has 0 aliphatic heterocycles. The Bertz CT molecular complexity index is 996. The van der Waals surface area contributed by atoms with Crippen molar-refractivity contribution in [1.29, 1.82) is 0 Å². The van der Waals surface area contributed by atoms with Crippen LogP contribution in [0.5, 0.6) is 0 Å². The molecule has 0 saturated heterocycles. The largest absolute Gasteiger partial charge is 0.452 e. The van der Waals surface area contributed by atoms with Crippen LogP contribution in [0, 0.1) is 0 Å². The third-order valence-corrected chi connectivity index (χ3v) is 4.73. The monoisotopic (exact) mass is 413 g/mol. The van der Waals surface area contributed by atoms with Crippen molar-refractivity contribution in [3.05, 3.63) is 84.4 Å². The Balaban J connectivity index is 1.65. The first-order valence-electron chi connectivity index (χ1n) is 8.70. The van der Waals surface area contributed by atoms with Gasteiger partial charge >= 0.3 is 5.97 Å². The van der Waals surface area contributed by atoms with Gasteiger partial charge in [0.05, 0.1) is 5.56 Å². The molecule has 0 spiro atoms. The van der Waals surface area contributed by atoms with Crippen LogP contribution in [0.3, 0.4) is 0 Å². The second kappa shape index (κ2) is 9.84. The zero-order valence-corrected chi connectivity index (χ0v) is 16.0. The summed E-state index contributed by atoms with van der Waals surface area (Å²) in [7, 11) is 0. The molecule has 3 aromatic rings. The predicted molar refractivity (Wildman–Crippen MR) is 109 cm³/mol. The average Bonchev–Trinajstić information content (AvgIpc) is 2.73. The molecular weight excluding hydrogens is 396 g/mol. The lowest BCUT2D eigenvalue weighted by Gasteiger charge is -2.12. The molecule has 1 amide bonds. The molecule has 148 valence electrons. The Morgan fingerprint density at radius 3 is 2.31 bits per heavy atom. The van der Waals surface area contributed by atoms with Crippen molar-refractivity contribution < 1.29 is 23.1 Å². The van der Waals surface area contributed by atoms with Crippen molar-refractivity contribution in [2.75, 3.05) is 11.9 Å². The van der Waals surface area contributed by atoms with E-state index in [1.165, 1.54) is 12.1 Å². The lowest BCUT2D eigenvalue weighted by molar-refractivity contribution is -0.119. The van der Waals surface area contributed by atoms with E-state index in [2.05, 4.69) is 5.32 Å². The first-order valence-corrected chi connectivity index (χ1v) is 9.58. The van der Waals surface area contributed by atoms with E-state index < -0.39 is 24.2 Å². The minimum absolute atomic E-state index is 0.00437. The number of amides is 1. The van der Waals surface area contributed by atoms with Crippen LogP contribution in [-0.2, 0) is 9.53 Å². The first kappa shape index (κ1) is 20.5. The highest BCUT2D eigenvalue weighted by Crippen LogP contribution is 2.29. The minimum Gasteiger partial charge on any atom is -0.452 e. The van der Waals surface area contributed by atoms with Crippen LogP contribution in [0.1, 0.15) is 10.4 Å². The summed E-state index contributed by atoms with van der Waals surface area (Å²) in [5, 5.41) is 2.72. The second-order valence-electron chi connectivity index (χ2n) is 5.91. The molecule has 3 aromatic carbocycles. The van der Waals surface area contributed by atoms with Gasteiger partial charge in [-0.1, -0.05) is 72.4 Å². The van der Waals surface area contributed by atoms with Gasteiger partial charge in [0.25, 0.3) is 11.7 Å². The fourth-order valence-corrected chi connectivity index (χ4v) is 3.32. The number of alkyl halides is 2. The van der Waals surface area contributed by atoms with Crippen LogP contribution in [0.15, 0.2) is 83.8 Å². The Morgan fingerprint density at radius 2 is 1.55 bits per heavy atom. The van der Waals surface area contributed by atoms with E-state index in [1.54, 1.807) is 24.3 Å². The number of thioether (sulfide) groups is 1. The highest BCUT2D eigenvalue weighted by molar-refractivity contribution is 7.99. The van der Waals surface area contributed by atoms with Gasteiger partial charge in [0.15, 0.2) is 6.61 Å². The van der Waals surface area contributed by atoms with E-state index in [1.807, 2.05) is 42.5 Å². The van der Waals surface area contributed by atoms with Crippen molar-refractivity contribution in [3.8, 4) is 11.1 Å². The van der Waals surface area contributed by atoms with Crippen LogP contribution in [-0.4, -0.2) is 24.2 Å². The molecule has 7 heteroatoms. The summed E-state index contributed by atoms with van der Waals surface area (Å²) in [6.45, 7) is -0.532. The molecule has 0 aliphatic rings. The average molecular weight is 413 g/mol. The van der Waals surface area contributed by atoms with E-state index in [9.17, 15) is 18.4 Å². The summed E-state index contributed by atoms with van der Waals surface area (Å²) in [6.07, 6.45) is 0. The number of carbonyl (C=O) groups is 2. The maximum atomic E-state index is 12.6. The van der Waals surface area contributed by atoms with E-state index >= 15 is 0 Å². The summed E-state index contributed by atoms with van der Waals surface area (Å²) in [4.78, 5) is 24.6. The number of esters is 1. The van der Waals surface area contributed by atoms with Gasteiger partial charge in [-0.15, -0.1) is 0 Å². The molecule has 0 aliphatic carbocycles. The Kier molecular flexibility index (Phi) is 6.97. The number of rotatable bonds is 7. The van der Waals surface area contributed by atoms with Gasteiger partial charge in [-0.2, -0.15) is 8.78 Å². The van der Waals surface area contributed by atoms with Crippen molar-refractivity contribution in [2.45, 2.75) is 10.7 Å². The zero-order valence-electron chi connectivity index (χ0n) is 15.2. The molecule has 0 heterocycles. The number of carbonyl (C=O) groups excluding carboxylic acids is 2. The lowest BCUT2D eigenvalue weighted by atomic mass is 10.0. The molecule has 1 N–H and O–H groups in total. The molecular formula is C22H17F2NO3S. The van der Waals surface area contributed by atoms with Crippen LogP contribution in [0.4, 0.5) is 14.5 Å². The number of ether oxygens (including phenoxy) is 1. The van der Waals surface area contributed by atoms with Gasteiger partial charge in [-0.05, 0) is 23.8 Å². The smallest absolute Gasteiger partial charge is 0.339 e. The summed E-state index contributed by atoms with van der Waals surface area (Å²) in [6, 6.07) is 22.7. The fourth-order valence-electron chi connectivity index (χ4n) is 2.69. The van der Waals surface area contributed by atoms with E-state index in [0.29, 0.717) is 5.69 Å². The van der Waals surface area contributed by atoms with Crippen molar-refractivity contribution in [2.24, 2.45) is 0 Å². The number of anilines is 1. The highest BCUT2D eigenvalue weighted by Gasteiger charge is 2.17. The van der Waals surface area contributed by atoms with Gasteiger partial charge in [-0.25, -0.2) is 4.79 Å². The molecule has 0 atom stereocenters. The molecule has 0 bridgehead atoms. The predicted octanol–water partition coefficient (Wildman–Crippen LogP) is 5.46. The van der Waals surface area contributed by atoms with Gasteiger partial charge in [-0.3, -0.25) is 4.79 Å². The van der Waals surface area contributed by atoms with Crippen LogP contribution in [0.2, 0.25) is 0 Å². The molecule has 4 nitrogen and oxygen atoms in total. The van der Waals surface area contributed by atoms with Gasteiger partial charge in [0.1, 0.15) is 0 Å². The molecule has 0 fully saturated rings. The number of hydrogen-bond donors (Lipinski definition) is 1. The molecule has 29 heavy (non-hydrogen) atoms.